The standard InChI is InChI=1S/C12H11N/c13-12-8-6-11(7-9-12)10-4-2-1-3-5-10/h1-9H,13H2/i13+1. The maximum atomic E-state index is 5.60. The monoisotopic (exact) mass is 170 g/mol. The largest absolute Gasteiger partial charge is 0.399 e. The van der Waals surface area contributed by atoms with Crippen molar-refractivity contribution in [2.75, 3.05) is 5.73 Å². The third-order valence-electron chi connectivity index (χ3n) is 2.02. The van der Waals surface area contributed by atoms with Crippen LogP contribution in [0.1, 0.15) is 0 Å². The summed E-state index contributed by atoms with van der Waals surface area (Å²) in [5.41, 5.74) is 8.84. The molecule has 0 saturated heterocycles. The average Bonchev–Trinajstić information content (AvgIpc) is 2.20. The second-order valence-electron chi connectivity index (χ2n) is 2.99. The molecule has 0 atom stereocenters. The molecule has 1 nitrogen and oxygen atoms in total. The third kappa shape index (κ3) is 1.70. The van der Waals surface area contributed by atoms with Gasteiger partial charge in [-0.25, -0.2) is 0 Å². The highest BCUT2D eigenvalue weighted by atomic mass is 15.3. The van der Waals surface area contributed by atoms with Crippen molar-refractivity contribution in [1.82, 2.24) is 0 Å². The molecule has 2 aromatic carbocycles. The summed E-state index contributed by atoms with van der Waals surface area (Å²) in [4.78, 5) is 0. The van der Waals surface area contributed by atoms with Gasteiger partial charge in [-0.1, -0.05) is 42.5 Å². The molecule has 2 aromatic rings. The summed E-state index contributed by atoms with van der Waals surface area (Å²) in [6.07, 6.45) is 0. The van der Waals surface area contributed by atoms with E-state index in [1.165, 1.54) is 11.1 Å². The molecule has 0 aliphatic heterocycles. The number of benzene rings is 2. The molecular weight excluding hydrogens is 159 g/mol. The van der Waals surface area contributed by atoms with Gasteiger partial charge in [0.15, 0.2) is 0 Å². The van der Waals surface area contributed by atoms with Crippen LogP contribution in [0.5, 0.6) is 0 Å². The minimum Gasteiger partial charge on any atom is -0.399 e. The Labute approximate surface area is 77.8 Å². The zero-order chi connectivity index (χ0) is 9.10. The van der Waals surface area contributed by atoms with Crippen molar-refractivity contribution in [2.24, 2.45) is 0 Å². The Morgan fingerprint density at radius 1 is 0.615 bits per heavy atom. The lowest BCUT2D eigenvalue weighted by Crippen LogP contribution is -1.83. The van der Waals surface area contributed by atoms with Gasteiger partial charge in [-0.3, -0.25) is 0 Å². The van der Waals surface area contributed by atoms with E-state index in [1.54, 1.807) is 0 Å². The van der Waals surface area contributed by atoms with Crippen molar-refractivity contribution in [3.05, 3.63) is 54.6 Å². The topological polar surface area (TPSA) is 26.0 Å². The first-order chi connectivity index (χ1) is 6.36. The molecule has 0 radical (unpaired) electrons. The second-order valence-corrected chi connectivity index (χ2v) is 2.99. The zero-order valence-corrected chi connectivity index (χ0v) is 7.27. The van der Waals surface area contributed by atoms with Gasteiger partial charge < -0.3 is 5.73 Å². The van der Waals surface area contributed by atoms with Gasteiger partial charge in [0, 0.05) is 5.69 Å². The summed E-state index contributed by atoms with van der Waals surface area (Å²) in [6.45, 7) is 0. The van der Waals surface area contributed by atoms with Crippen LogP contribution < -0.4 is 5.73 Å². The van der Waals surface area contributed by atoms with E-state index in [9.17, 15) is 0 Å². The fourth-order valence-electron chi connectivity index (χ4n) is 1.31. The minimum absolute atomic E-state index is 0.805. The van der Waals surface area contributed by atoms with E-state index in [0.717, 1.165) is 5.69 Å². The molecule has 2 rings (SSSR count). The molecule has 13 heavy (non-hydrogen) atoms. The number of hydrogen-bond acceptors (Lipinski definition) is 1. The van der Waals surface area contributed by atoms with Crippen LogP contribution in [-0.4, -0.2) is 0 Å². The highest BCUT2D eigenvalue weighted by Crippen LogP contribution is 2.19. The Balaban J connectivity index is 2.42. The van der Waals surface area contributed by atoms with E-state index in [1.807, 2.05) is 42.5 Å². The van der Waals surface area contributed by atoms with E-state index >= 15 is 0 Å². The van der Waals surface area contributed by atoms with Crippen LogP contribution in [-0.2, 0) is 0 Å². The fraction of sp³-hybridized carbons (Fsp3) is 0. The Morgan fingerprint density at radius 2 is 1.15 bits per heavy atom. The van der Waals surface area contributed by atoms with Crippen LogP contribution in [0.4, 0.5) is 5.69 Å². The molecule has 0 aliphatic rings. The van der Waals surface area contributed by atoms with Crippen LogP contribution in [0.2, 0.25) is 0 Å². The van der Waals surface area contributed by atoms with E-state index in [2.05, 4.69) is 12.1 Å². The van der Waals surface area contributed by atoms with Crippen LogP contribution in [0.15, 0.2) is 54.6 Å². The summed E-state index contributed by atoms with van der Waals surface area (Å²) in [5.74, 6) is 0. The Hall–Kier alpha value is -1.76. The van der Waals surface area contributed by atoms with Gasteiger partial charge in [-0.2, -0.15) is 0 Å². The second kappa shape index (κ2) is 3.31. The molecule has 0 saturated carbocycles. The summed E-state index contributed by atoms with van der Waals surface area (Å²) >= 11 is 0. The lowest BCUT2D eigenvalue weighted by molar-refractivity contribution is 1.61. The summed E-state index contributed by atoms with van der Waals surface area (Å²) in [7, 11) is 0. The van der Waals surface area contributed by atoms with Gasteiger partial charge in [-0.05, 0) is 23.3 Å². The van der Waals surface area contributed by atoms with Crippen molar-refractivity contribution in [3.8, 4) is 11.1 Å². The summed E-state index contributed by atoms with van der Waals surface area (Å²) in [5, 5.41) is 0. The predicted molar refractivity (Wildman–Crippen MR) is 56.3 cm³/mol. The number of hydrogen-bond donors (Lipinski definition) is 1. The van der Waals surface area contributed by atoms with Crippen molar-refractivity contribution in [2.45, 2.75) is 0 Å². The normalized spacial score (nSPS) is 9.85. The van der Waals surface area contributed by atoms with E-state index in [-0.39, 0.29) is 0 Å². The number of nitrogen functional groups attached to an aromatic ring is 1. The van der Waals surface area contributed by atoms with E-state index < -0.39 is 0 Å². The van der Waals surface area contributed by atoms with Gasteiger partial charge >= 0.3 is 0 Å². The molecule has 0 aromatic heterocycles. The van der Waals surface area contributed by atoms with Gasteiger partial charge in [0.05, 0.1) is 0 Å². The predicted octanol–water partition coefficient (Wildman–Crippen LogP) is 2.94. The van der Waals surface area contributed by atoms with Crippen LogP contribution in [0.3, 0.4) is 0 Å². The molecule has 0 heterocycles. The van der Waals surface area contributed by atoms with Crippen molar-refractivity contribution >= 4 is 5.69 Å². The number of anilines is 1. The summed E-state index contributed by atoms with van der Waals surface area (Å²) < 4.78 is 0. The zero-order valence-electron chi connectivity index (χ0n) is 7.27. The summed E-state index contributed by atoms with van der Waals surface area (Å²) in [6, 6.07) is 18.2. The Bertz CT molecular complexity index is 376. The third-order valence-corrected chi connectivity index (χ3v) is 2.02. The van der Waals surface area contributed by atoms with E-state index in [0.29, 0.717) is 0 Å². The molecule has 0 amide bonds. The van der Waals surface area contributed by atoms with Crippen LogP contribution in [0.25, 0.3) is 11.1 Å². The lowest BCUT2D eigenvalue weighted by atomic mass is 10.1. The molecular formula is C12H11N. The van der Waals surface area contributed by atoms with Crippen LogP contribution in [0, 0.1) is 0 Å². The molecule has 64 valence electrons. The number of rotatable bonds is 1. The maximum absolute atomic E-state index is 5.60. The van der Waals surface area contributed by atoms with Crippen molar-refractivity contribution in [3.63, 3.8) is 0 Å². The molecule has 0 bridgehead atoms. The van der Waals surface area contributed by atoms with Gasteiger partial charge in [-0.15, -0.1) is 0 Å². The van der Waals surface area contributed by atoms with Gasteiger partial charge in [0.2, 0.25) is 0 Å². The minimum atomic E-state index is 0.805. The van der Waals surface area contributed by atoms with Crippen molar-refractivity contribution < 1.29 is 0 Å². The van der Waals surface area contributed by atoms with Gasteiger partial charge in [0.25, 0.3) is 0 Å². The highest BCUT2D eigenvalue weighted by Gasteiger charge is 1.94. The molecule has 2 N–H and O–H groups in total. The maximum Gasteiger partial charge on any atom is 0.0314 e. The molecule has 0 fully saturated rings. The Morgan fingerprint density at radius 3 is 1.77 bits per heavy atom. The molecule has 0 unspecified atom stereocenters. The van der Waals surface area contributed by atoms with Gasteiger partial charge in [0.1, 0.15) is 0 Å². The first-order valence-corrected chi connectivity index (χ1v) is 4.27. The smallest absolute Gasteiger partial charge is 0.0314 e. The first-order valence-electron chi connectivity index (χ1n) is 4.27. The Kier molecular flexibility index (Phi) is 2.01. The SMILES string of the molecule is [15NH2]c1ccc(-c2ccccc2)cc1. The van der Waals surface area contributed by atoms with Crippen molar-refractivity contribution in [1.29, 1.82) is 0 Å². The molecule has 0 spiro atoms. The fourth-order valence-corrected chi connectivity index (χ4v) is 1.31. The quantitative estimate of drug-likeness (QED) is 0.516. The first kappa shape index (κ1) is 7.87. The highest BCUT2D eigenvalue weighted by molar-refractivity contribution is 5.65. The average molecular weight is 170 g/mol. The van der Waals surface area contributed by atoms with Crippen LogP contribution >= 0.6 is 0 Å². The number of nitrogens with two attached hydrogens (primary N) is 1. The molecule has 0 aliphatic carbocycles. The van der Waals surface area contributed by atoms with E-state index in [4.69, 9.17) is 5.73 Å². The molecule has 1 heteroatoms. The lowest BCUT2D eigenvalue weighted by Gasteiger charge is -2.00.